The molecule has 0 aliphatic heterocycles. The summed E-state index contributed by atoms with van der Waals surface area (Å²) < 4.78 is 12.6. The number of carboxylic acid groups (broad SMARTS) is 2. The van der Waals surface area contributed by atoms with Crippen molar-refractivity contribution >= 4 is 29.0 Å². The molecule has 0 amide bonds. The van der Waals surface area contributed by atoms with Crippen LogP contribution in [0.15, 0.2) is 109 Å². The first-order chi connectivity index (χ1) is 30.5. The van der Waals surface area contributed by atoms with E-state index in [0.29, 0.717) is 36.4 Å². The highest BCUT2D eigenvalue weighted by Gasteiger charge is 2.20. The number of nitrogens with zero attached hydrogens (tertiary/aromatic N) is 4. The standard InChI is InChI=1S/C53H60N4O6/c1-7-11-13-37(9-3)33-62-45-20-16-43(17-21-45)57(44-18-22-46(23-19-44)63-34-38(10-4)14-12-8-2)51-35(5)27-41(28-36(51)6)40-15-24-47(55-32-40)49-30-42(53(60)61)31-50(56-49)48-29-39(52(58)59)25-26-54-48/h15-32,37-38H,7-14,33-34H2,1-6H3,(H,58,59)(H,60,61). The van der Waals surface area contributed by atoms with E-state index in [0.717, 1.165) is 63.7 Å². The number of unbranched alkanes of at least 4 members (excludes halogenated alkanes) is 2. The summed E-state index contributed by atoms with van der Waals surface area (Å²) in [4.78, 5) is 39.7. The third kappa shape index (κ3) is 11.9. The van der Waals surface area contributed by atoms with Crippen LogP contribution in [0.4, 0.5) is 17.1 Å². The molecule has 6 rings (SSSR count). The van der Waals surface area contributed by atoms with Crippen LogP contribution in [-0.2, 0) is 0 Å². The lowest BCUT2D eigenvalue weighted by atomic mass is 9.98. The average Bonchev–Trinajstić information content (AvgIpc) is 3.30. The van der Waals surface area contributed by atoms with Crippen molar-refractivity contribution in [3.05, 3.63) is 132 Å². The van der Waals surface area contributed by atoms with Gasteiger partial charge in [-0.3, -0.25) is 9.97 Å². The topological polar surface area (TPSA) is 135 Å². The molecule has 10 nitrogen and oxygen atoms in total. The third-order valence-electron chi connectivity index (χ3n) is 11.7. The van der Waals surface area contributed by atoms with Crippen LogP contribution >= 0.6 is 0 Å². The van der Waals surface area contributed by atoms with Gasteiger partial charge in [-0.15, -0.1) is 0 Å². The number of hydrogen-bond acceptors (Lipinski definition) is 8. The fraction of sp³-hybridized carbons (Fsp3) is 0.340. The Morgan fingerprint density at radius 3 is 1.56 bits per heavy atom. The number of aromatic carboxylic acids is 2. The lowest BCUT2D eigenvalue weighted by Gasteiger charge is -2.29. The molecule has 63 heavy (non-hydrogen) atoms. The number of ether oxygens (including phenoxy) is 2. The molecule has 3 aromatic heterocycles. The van der Waals surface area contributed by atoms with Crippen LogP contribution in [-0.4, -0.2) is 50.3 Å². The molecule has 2 unspecified atom stereocenters. The maximum atomic E-state index is 12.1. The Morgan fingerprint density at radius 2 is 1.10 bits per heavy atom. The van der Waals surface area contributed by atoms with Gasteiger partial charge < -0.3 is 24.6 Å². The van der Waals surface area contributed by atoms with Crippen LogP contribution in [0.3, 0.4) is 0 Å². The zero-order valence-electron chi connectivity index (χ0n) is 37.4. The minimum absolute atomic E-state index is 0.0146. The number of pyridine rings is 3. The fourth-order valence-electron chi connectivity index (χ4n) is 7.83. The third-order valence-corrected chi connectivity index (χ3v) is 11.7. The normalized spacial score (nSPS) is 12.1. The van der Waals surface area contributed by atoms with Crippen molar-refractivity contribution in [2.24, 2.45) is 11.8 Å². The van der Waals surface area contributed by atoms with E-state index < -0.39 is 11.9 Å². The van der Waals surface area contributed by atoms with E-state index in [4.69, 9.17) is 14.5 Å². The van der Waals surface area contributed by atoms with E-state index in [1.807, 2.05) is 12.1 Å². The van der Waals surface area contributed by atoms with Crippen molar-refractivity contribution < 1.29 is 29.3 Å². The highest BCUT2D eigenvalue weighted by molar-refractivity contribution is 5.92. The van der Waals surface area contributed by atoms with E-state index in [1.54, 1.807) is 6.20 Å². The molecular weight excluding hydrogens is 789 g/mol. The quantitative estimate of drug-likeness (QED) is 0.0679. The largest absolute Gasteiger partial charge is 0.493 e. The minimum atomic E-state index is -1.15. The van der Waals surface area contributed by atoms with Crippen molar-refractivity contribution in [1.82, 2.24) is 15.0 Å². The summed E-state index contributed by atoms with van der Waals surface area (Å²) in [6.45, 7) is 14.6. The maximum Gasteiger partial charge on any atom is 0.335 e. The van der Waals surface area contributed by atoms with Gasteiger partial charge in [-0.05, 0) is 146 Å². The molecule has 328 valence electrons. The van der Waals surface area contributed by atoms with Gasteiger partial charge in [-0.2, -0.15) is 0 Å². The van der Waals surface area contributed by atoms with Crippen molar-refractivity contribution in [2.75, 3.05) is 18.1 Å². The first-order valence-corrected chi connectivity index (χ1v) is 22.3. The number of benzene rings is 3. The summed E-state index contributed by atoms with van der Waals surface area (Å²) in [5.74, 6) is 0.526. The molecule has 0 aliphatic carbocycles. The summed E-state index contributed by atoms with van der Waals surface area (Å²) in [7, 11) is 0. The van der Waals surface area contributed by atoms with Gasteiger partial charge >= 0.3 is 11.9 Å². The molecule has 0 spiro atoms. The van der Waals surface area contributed by atoms with Gasteiger partial charge in [0.05, 0.1) is 52.8 Å². The van der Waals surface area contributed by atoms with E-state index in [2.05, 4.69) is 117 Å². The van der Waals surface area contributed by atoms with Crippen molar-refractivity contribution in [1.29, 1.82) is 0 Å². The van der Waals surface area contributed by atoms with Gasteiger partial charge in [-0.1, -0.05) is 72.3 Å². The molecule has 0 radical (unpaired) electrons. The molecule has 3 aromatic carbocycles. The Labute approximate surface area is 372 Å². The number of aryl methyl sites for hydroxylation is 2. The zero-order chi connectivity index (χ0) is 44.9. The van der Waals surface area contributed by atoms with Crippen LogP contribution in [0.5, 0.6) is 11.5 Å². The molecule has 10 heteroatoms. The fourth-order valence-corrected chi connectivity index (χ4v) is 7.83. The highest BCUT2D eigenvalue weighted by atomic mass is 16.5. The van der Waals surface area contributed by atoms with Crippen molar-refractivity contribution in [3.63, 3.8) is 0 Å². The first kappa shape index (κ1) is 46.0. The summed E-state index contributed by atoms with van der Waals surface area (Å²) in [5.41, 5.74) is 8.33. The maximum absolute atomic E-state index is 12.1. The van der Waals surface area contributed by atoms with Crippen LogP contribution < -0.4 is 14.4 Å². The van der Waals surface area contributed by atoms with Gasteiger partial charge in [-0.25, -0.2) is 14.6 Å². The van der Waals surface area contributed by atoms with Crippen LogP contribution in [0.2, 0.25) is 0 Å². The molecule has 0 bridgehead atoms. The second-order valence-corrected chi connectivity index (χ2v) is 16.3. The summed E-state index contributed by atoms with van der Waals surface area (Å²) in [5, 5.41) is 19.4. The Hall–Kier alpha value is -6.55. The van der Waals surface area contributed by atoms with Gasteiger partial charge in [0.15, 0.2) is 0 Å². The molecule has 2 N–H and O–H groups in total. The van der Waals surface area contributed by atoms with E-state index in [1.165, 1.54) is 69.0 Å². The number of hydrogen-bond donors (Lipinski definition) is 2. The molecule has 0 saturated carbocycles. The van der Waals surface area contributed by atoms with Crippen LogP contribution in [0.25, 0.3) is 33.9 Å². The number of carbonyl (C=O) groups is 2. The Bertz CT molecular complexity index is 2360. The van der Waals surface area contributed by atoms with Gasteiger partial charge in [0, 0.05) is 29.3 Å². The summed E-state index contributed by atoms with van der Waals surface area (Å²) in [6.07, 6.45) is 12.5. The molecule has 0 fully saturated rings. The summed E-state index contributed by atoms with van der Waals surface area (Å²) in [6, 6.07) is 30.4. The number of aromatic nitrogens is 3. The smallest absolute Gasteiger partial charge is 0.335 e. The molecule has 3 heterocycles. The molecule has 0 saturated heterocycles. The minimum Gasteiger partial charge on any atom is -0.493 e. The second-order valence-electron chi connectivity index (χ2n) is 16.3. The van der Waals surface area contributed by atoms with E-state index in [9.17, 15) is 19.8 Å². The molecular formula is C53H60N4O6. The Morgan fingerprint density at radius 1 is 0.587 bits per heavy atom. The Kier molecular flexibility index (Phi) is 16.0. The molecule has 6 aromatic rings. The van der Waals surface area contributed by atoms with Crippen LogP contribution in [0.1, 0.15) is 111 Å². The highest BCUT2D eigenvalue weighted by Crippen LogP contribution is 2.42. The number of carboxylic acids is 2. The monoisotopic (exact) mass is 848 g/mol. The first-order valence-electron chi connectivity index (χ1n) is 22.3. The average molecular weight is 849 g/mol. The van der Waals surface area contributed by atoms with Gasteiger partial charge in [0.1, 0.15) is 11.5 Å². The number of rotatable bonds is 22. The van der Waals surface area contributed by atoms with Gasteiger partial charge in [0.25, 0.3) is 0 Å². The number of anilines is 3. The van der Waals surface area contributed by atoms with E-state index >= 15 is 0 Å². The molecule has 0 aliphatic rings. The van der Waals surface area contributed by atoms with Crippen molar-refractivity contribution in [3.8, 4) is 45.4 Å². The van der Waals surface area contributed by atoms with E-state index in [-0.39, 0.29) is 22.5 Å². The zero-order valence-corrected chi connectivity index (χ0v) is 37.4. The Balaban J connectivity index is 1.30. The second kappa shape index (κ2) is 22.0. The molecule has 2 atom stereocenters. The lowest BCUT2D eigenvalue weighted by molar-refractivity contribution is 0.0686. The SMILES string of the molecule is CCCCC(CC)COc1ccc(N(c2ccc(OCC(CC)CCCC)cc2)c2c(C)cc(-c3ccc(-c4cc(C(=O)O)cc(-c5cc(C(=O)O)ccn5)n4)nc3)cc2C)cc1. The predicted octanol–water partition coefficient (Wildman–Crippen LogP) is 13.5. The van der Waals surface area contributed by atoms with Crippen molar-refractivity contribution in [2.45, 2.75) is 92.9 Å². The van der Waals surface area contributed by atoms with Gasteiger partial charge in [0.2, 0.25) is 0 Å². The lowest BCUT2D eigenvalue weighted by Crippen LogP contribution is -2.14. The summed E-state index contributed by atoms with van der Waals surface area (Å²) >= 11 is 0. The van der Waals surface area contributed by atoms with Crippen LogP contribution in [0, 0.1) is 25.7 Å². The predicted molar refractivity (Wildman–Crippen MR) is 252 cm³/mol.